The minimum atomic E-state index is -0.431. The number of carbonyl (C=O) groups excluding carboxylic acids is 2. The van der Waals surface area contributed by atoms with Gasteiger partial charge in [0.15, 0.2) is 0 Å². The van der Waals surface area contributed by atoms with E-state index in [0.29, 0.717) is 31.4 Å². The number of non-ortho nitro benzene ring substituents is 1. The van der Waals surface area contributed by atoms with Crippen molar-refractivity contribution >= 4 is 23.2 Å². The fourth-order valence-electron chi connectivity index (χ4n) is 3.83. The van der Waals surface area contributed by atoms with Crippen LogP contribution in [0.15, 0.2) is 18.2 Å². The van der Waals surface area contributed by atoms with Crippen molar-refractivity contribution in [3.05, 3.63) is 33.9 Å². The van der Waals surface area contributed by atoms with E-state index in [1.165, 1.54) is 12.1 Å². The number of anilines is 1. The first-order chi connectivity index (χ1) is 13.5. The Bertz CT molecular complexity index is 787. The Kier molecular flexibility index (Phi) is 5.27. The monoisotopic (exact) mass is 387 g/mol. The number of benzene rings is 1. The quantitative estimate of drug-likeness (QED) is 0.560. The van der Waals surface area contributed by atoms with Gasteiger partial charge in [-0.15, -0.1) is 0 Å². The van der Waals surface area contributed by atoms with Gasteiger partial charge in [0.05, 0.1) is 23.7 Å². The van der Waals surface area contributed by atoms with Crippen LogP contribution in [-0.2, 0) is 16.0 Å². The molecule has 1 saturated carbocycles. The molecular weight excluding hydrogens is 362 g/mol. The van der Waals surface area contributed by atoms with Crippen molar-refractivity contribution < 1.29 is 14.5 Å². The molecular formula is C19H25N5O4. The van der Waals surface area contributed by atoms with Crippen LogP contribution in [-0.4, -0.2) is 78.4 Å². The van der Waals surface area contributed by atoms with Gasteiger partial charge in [-0.05, 0) is 24.8 Å². The van der Waals surface area contributed by atoms with Crippen LogP contribution in [0, 0.1) is 10.1 Å². The van der Waals surface area contributed by atoms with Crippen LogP contribution < -0.4 is 10.2 Å². The number of hydrogen-bond donors (Lipinski definition) is 1. The summed E-state index contributed by atoms with van der Waals surface area (Å²) in [4.78, 5) is 41.2. The Morgan fingerprint density at radius 2 is 1.75 bits per heavy atom. The number of nitro benzene ring substituents is 1. The lowest BCUT2D eigenvalue weighted by Crippen LogP contribution is -2.52. The number of nitrogens with one attached hydrogen (secondary N) is 1. The zero-order chi connectivity index (χ0) is 19.7. The predicted octanol–water partition coefficient (Wildman–Crippen LogP) is 0.380. The molecule has 28 heavy (non-hydrogen) atoms. The molecule has 2 amide bonds. The van der Waals surface area contributed by atoms with Crippen molar-refractivity contribution in [2.45, 2.75) is 25.3 Å². The summed E-state index contributed by atoms with van der Waals surface area (Å²) in [5, 5.41) is 14.0. The molecule has 2 heterocycles. The van der Waals surface area contributed by atoms with Crippen LogP contribution in [0.5, 0.6) is 0 Å². The third kappa shape index (κ3) is 4.31. The second-order valence-corrected chi connectivity index (χ2v) is 7.76. The smallest absolute Gasteiger partial charge is 0.271 e. The average Bonchev–Trinajstić information content (AvgIpc) is 3.37. The van der Waals surface area contributed by atoms with Gasteiger partial charge in [0.1, 0.15) is 0 Å². The van der Waals surface area contributed by atoms with E-state index in [-0.39, 0.29) is 17.5 Å². The molecule has 1 aromatic carbocycles. The molecule has 1 saturated heterocycles. The summed E-state index contributed by atoms with van der Waals surface area (Å²) in [5.41, 5.74) is 1.65. The van der Waals surface area contributed by atoms with E-state index in [1.807, 2.05) is 0 Å². The molecule has 2 aliphatic heterocycles. The second kappa shape index (κ2) is 7.84. The van der Waals surface area contributed by atoms with Gasteiger partial charge in [-0.3, -0.25) is 29.5 Å². The van der Waals surface area contributed by atoms with E-state index in [9.17, 15) is 19.7 Å². The number of nitrogens with zero attached hydrogens (tertiary/aromatic N) is 4. The highest BCUT2D eigenvalue weighted by molar-refractivity contribution is 5.97. The fourth-order valence-corrected chi connectivity index (χ4v) is 3.83. The molecule has 0 aromatic heterocycles. The van der Waals surface area contributed by atoms with Crippen molar-refractivity contribution in [2.24, 2.45) is 0 Å². The molecule has 0 bridgehead atoms. The number of hydrogen-bond acceptors (Lipinski definition) is 6. The Balaban J connectivity index is 1.28. The summed E-state index contributed by atoms with van der Waals surface area (Å²) in [6, 6.07) is 5.11. The third-order valence-electron chi connectivity index (χ3n) is 5.61. The number of rotatable bonds is 6. The molecule has 2 fully saturated rings. The van der Waals surface area contributed by atoms with Crippen molar-refractivity contribution in [3.63, 3.8) is 0 Å². The maximum Gasteiger partial charge on any atom is 0.271 e. The highest BCUT2D eigenvalue weighted by atomic mass is 16.6. The average molecular weight is 387 g/mol. The third-order valence-corrected chi connectivity index (χ3v) is 5.61. The number of fused-ring (bicyclic) bond motifs is 1. The van der Waals surface area contributed by atoms with Crippen LogP contribution in [0.2, 0.25) is 0 Å². The van der Waals surface area contributed by atoms with E-state index < -0.39 is 4.92 Å². The lowest BCUT2D eigenvalue weighted by atomic mass is 10.1. The van der Waals surface area contributed by atoms with Gasteiger partial charge in [-0.1, -0.05) is 6.07 Å². The van der Waals surface area contributed by atoms with Gasteiger partial charge in [0.25, 0.3) is 5.69 Å². The molecule has 0 spiro atoms. The largest absolute Gasteiger partial charge is 0.352 e. The maximum absolute atomic E-state index is 12.8. The lowest BCUT2D eigenvalue weighted by Gasteiger charge is -2.34. The lowest BCUT2D eigenvalue weighted by molar-refractivity contribution is -0.384. The summed E-state index contributed by atoms with van der Waals surface area (Å²) in [7, 11) is 0. The van der Waals surface area contributed by atoms with Crippen LogP contribution in [0.1, 0.15) is 18.4 Å². The minimum absolute atomic E-state index is 0.0107. The van der Waals surface area contributed by atoms with Gasteiger partial charge in [-0.25, -0.2) is 0 Å². The molecule has 0 radical (unpaired) electrons. The Labute approximate surface area is 163 Å². The zero-order valence-corrected chi connectivity index (χ0v) is 15.8. The fraction of sp³-hybridized carbons (Fsp3) is 0.579. The highest BCUT2D eigenvalue weighted by Crippen LogP contribution is 2.31. The summed E-state index contributed by atoms with van der Waals surface area (Å²) in [6.45, 7) is 4.26. The summed E-state index contributed by atoms with van der Waals surface area (Å²) < 4.78 is 0. The Hall–Kier alpha value is -2.52. The first-order valence-corrected chi connectivity index (χ1v) is 9.81. The molecule has 9 heteroatoms. The number of piperazine rings is 1. The second-order valence-electron chi connectivity index (χ2n) is 7.76. The molecule has 1 aliphatic carbocycles. The number of amides is 2. The van der Waals surface area contributed by atoms with Crippen molar-refractivity contribution in [2.75, 3.05) is 50.7 Å². The standard InChI is InChI=1S/C19H25N5O4/c25-18(20-15-2-3-15)12-21-7-9-22(10-8-21)13-19(26)23-6-5-14-1-4-16(24(27)28)11-17(14)23/h1,4,11,15H,2-3,5-10,12-13H2,(H,20,25). The van der Waals surface area contributed by atoms with Crippen molar-refractivity contribution in [1.82, 2.24) is 15.1 Å². The molecule has 1 aromatic rings. The Morgan fingerprint density at radius 3 is 2.39 bits per heavy atom. The van der Waals surface area contributed by atoms with Gasteiger partial charge in [-0.2, -0.15) is 0 Å². The van der Waals surface area contributed by atoms with Crippen LogP contribution >= 0.6 is 0 Å². The molecule has 1 N–H and O–H groups in total. The molecule has 0 unspecified atom stereocenters. The van der Waals surface area contributed by atoms with Crippen LogP contribution in [0.4, 0.5) is 11.4 Å². The van der Waals surface area contributed by atoms with E-state index in [1.54, 1.807) is 11.0 Å². The van der Waals surface area contributed by atoms with Crippen molar-refractivity contribution in [1.29, 1.82) is 0 Å². The molecule has 4 rings (SSSR count). The summed E-state index contributed by atoms with van der Waals surface area (Å²) >= 11 is 0. The SMILES string of the molecule is O=C(CN1CCN(CC(=O)N2CCc3ccc([N+](=O)[O-])cc32)CC1)NC1CC1. The van der Waals surface area contributed by atoms with Gasteiger partial charge >= 0.3 is 0 Å². The molecule has 9 nitrogen and oxygen atoms in total. The zero-order valence-electron chi connectivity index (χ0n) is 15.8. The molecule has 150 valence electrons. The maximum atomic E-state index is 12.8. The summed E-state index contributed by atoms with van der Waals surface area (Å²) in [6.07, 6.45) is 2.90. The highest BCUT2D eigenvalue weighted by Gasteiger charge is 2.29. The van der Waals surface area contributed by atoms with E-state index >= 15 is 0 Å². The predicted molar refractivity (Wildman–Crippen MR) is 103 cm³/mol. The van der Waals surface area contributed by atoms with E-state index in [0.717, 1.165) is 51.0 Å². The summed E-state index contributed by atoms with van der Waals surface area (Å²) in [5.74, 6) is 0.0569. The van der Waals surface area contributed by atoms with Crippen molar-refractivity contribution in [3.8, 4) is 0 Å². The van der Waals surface area contributed by atoms with Gasteiger partial charge in [0.2, 0.25) is 11.8 Å². The Morgan fingerprint density at radius 1 is 1.07 bits per heavy atom. The topological polar surface area (TPSA) is 99.0 Å². The van der Waals surface area contributed by atoms with Crippen LogP contribution in [0.25, 0.3) is 0 Å². The molecule has 0 atom stereocenters. The van der Waals surface area contributed by atoms with Gasteiger partial charge in [0, 0.05) is 50.9 Å². The number of nitro groups is 1. The number of carbonyl (C=O) groups is 2. The minimum Gasteiger partial charge on any atom is -0.352 e. The molecule has 3 aliphatic rings. The van der Waals surface area contributed by atoms with E-state index in [2.05, 4.69) is 15.1 Å². The van der Waals surface area contributed by atoms with Crippen LogP contribution in [0.3, 0.4) is 0 Å². The normalized spacial score (nSPS) is 20.1. The van der Waals surface area contributed by atoms with Gasteiger partial charge < -0.3 is 10.2 Å². The first kappa shape index (κ1) is 18.8. The van der Waals surface area contributed by atoms with E-state index in [4.69, 9.17) is 0 Å². The first-order valence-electron chi connectivity index (χ1n) is 9.81.